The number of hydrogen-bond donors (Lipinski definition) is 0. The smallest absolute Gasteiger partial charge is 0.236 e. The first-order valence-corrected chi connectivity index (χ1v) is 4.66. The van der Waals surface area contributed by atoms with E-state index in [0.717, 1.165) is 4.90 Å². The standard InChI is InChI=1S/C10H8OS/c1-3-9(11)8-6-4-5-7-10(8)12-2/h1,4-7H,2H3. The van der Waals surface area contributed by atoms with Gasteiger partial charge in [0.1, 0.15) is 0 Å². The highest BCUT2D eigenvalue weighted by Crippen LogP contribution is 2.19. The van der Waals surface area contributed by atoms with Crippen molar-refractivity contribution < 1.29 is 4.79 Å². The lowest BCUT2D eigenvalue weighted by Crippen LogP contribution is -1.95. The Balaban J connectivity index is 3.15. The highest BCUT2D eigenvalue weighted by Gasteiger charge is 2.05. The molecule has 1 aromatic rings. The van der Waals surface area contributed by atoms with Gasteiger partial charge in [0.2, 0.25) is 5.78 Å². The Morgan fingerprint density at radius 2 is 2.17 bits per heavy atom. The van der Waals surface area contributed by atoms with E-state index < -0.39 is 0 Å². The molecule has 1 aromatic carbocycles. The summed E-state index contributed by atoms with van der Waals surface area (Å²) in [4.78, 5) is 12.1. The van der Waals surface area contributed by atoms with Crippen molar-refractivity contribution >= 4 is 17.5 Å². The monoisotopic (exact) mass is 176 g/mol. The predicted octanol–water partition coefficient (Wildman–Crippen LogP) is 2.22. The maximum Gasteiger partial charge on any atom is 0.236 e. The van der Waals surface area contributed by atoms with E-state index in [4.69, 9.17) is 6.42 Å². The van der Waals surface area contributed by atoms with Crippen molar-refractivity contribution in [2.24, 2.45) is 0 Å². The van der Waals surface area contributed by atoms with Crippen molar-refractivity contribution in [2.75, 3.05) is 6.26 Å². The second-order valence-electron chi connectivity index (χ2n) is 2.17. The molecule has 2 heteroatoms. The van der Waals surface area contributed by atoms with E-state index in [1.807, 2.05) is 24.5 Å². The number of terminal acetylenes is 1. The number of hydrogen-bond acceptors (Lipinski definition) is 2. The Morgan fingerprint density at radius 1 is 1.50 bits per heavy atom. The first-order valence-electron chi connectivity index (χ1n) is 3.43. The SMILES string of the molecule is C#CC(=O)c1ccccc1SC. The van der Waals surface area contributed by atoms with Gasteiger partial charge in [-0.05, 0) is 24.3 Å². The van der Waals surface area contributed by atoms with Gasteiger partial charge < -0.3 is 0 Å². The lowest BCUT2D eigenvalue weighted by molar-refractivity contribution is 0.105. The molecule has 0 amide bonds. The third kappa shape index (κ3) is 1.69. The molecule has 0 spiro atoms. The minimum atomic E-state index is -0.250. The second kappa shape index (κ2) is 3.99. The van der Waals surface area contributed by atoms with Gasteiger partial charge in [0.15, 0.2) is 0 Å². The van der Waals surface area contributed by atoms with Crippen molar-refractivity contribution in [3.63, 3.8) is 0 Å². The van der Waals surface area contributed by atoms with Gasteiger partial charge in [-0.3, -0.25) is 4.79 Å². The van der Waals surface area contributed by atoms with Gasteiger partial charge in [0.25, 0.3) is 0 Å². The van der Waals surface area contributed by atoms with Crippen LogP contribution in [0.1, 0.15) is 10.4 Å². The zero-order chi connectivity index (χ0) is 8.97. The highest BCUT2D eigenvalue weighted by molar-refractivity contribution is 7.98. The fraction of sp³-hybridized carbons (Fsp3) is 0.100. The molecular formula is C10H8OS. The van der Waals surface area contributed by atoms with Crippen LogP contribution < -0.4 is 0 Å². The predicted molar refractivity (Wildman–Crippen MR) is 51.4 cm³/mol. The third-order valence-corrected chi connectivity index (χ3v) is 2.28. The Hall–Kier alpha value is -1.20. The number of Topliss-reactive ketones (excluding diaryl/α,β-unsaturated/α-hetero) is 1. The maximum absolute atomic E-state index is 11.1. The molecule has 0 saturated carbocycles. The molecule has 0 bridgehead atoms. The summed E-state index contributed by atoms with van der Waals surface area (Å²) in [7, 11) is 0. The summed E-state index contributed by atoms with van der Waals surface area (Å²) < 4.78 is 0. The zero-order valence-corrected chi connectivity index (χ0v) is 7.52. The van der Waals surface area contributed by atoms with Crippen LogP contribution in [-0.2, 0) is 0 Å². The quantitative estimate of drug-likeness (QED) is 0.297. The zero-order valence-electron chi connectivity index (χ0n) is 6.70. The summed E-state index contributed by atoms with van der Waals surface area (Å²) in [6, 6.07) is 7.33. The van der Waals surface area contributed by atoms with Crippen molar-refractivity contribution in [2.45, 2.75) is 4.90 Å². The van der Waals surface area contributed by atoms with Gasteiger partial charge in [-0.1, -0.05) is 12.1 Å². The van der Waals surface area contributed by atoms with E-state index in [0.29, 0.717) is 5.56 Å². The molecule has 0 N–H and O–H groups in total. The minimum absolute atomic E-state index is 0.250. The molecule has 0 fully saturated rings. The van der Waals surface area contributed by atoms with Gasteiger partial charge in [-0.2, -0.15) is 0 Å². The van der Waals surface area contributed by atoms with Crippen molar-refractivity contribution in [1.82, 2.24) is 0 Å². The van der Waals surface area contributed by atoms with Gasteiger partial charge >= 0.3 is 0 Å². The van der Waals surface area contributed by atoms with Crippen LogP contribution in [0.2, 0.25) is 0 Å². The molecule has 1 rings (SSSR count). The number of ketones is 1. The average Bonchev–Trinajstić information content (AvgIpc) is 2.16. The molecule has 0 heterocycles. The average molecular weight is 176 g/mol. The van der Waals surface area contributed by atoms with E-state index in [-0.39, 0.29) is 5.78 Å². The van der Waals surface area contributed by atoms with E-state index in [2.05, 4.69) is 5.92 Å². The Bertz CT molecular complexity index is 336. The molecule has 0 unspecified atom stereocenters. The lowest BCUT2D eigenvalue weighted by Gasteiger charge is -2.00. The molecule has 60 valence electrons. The molecule has 0 aliphatic heterocycles. The maximum atomic E-state index is 11.1. The van der Waals surface area contributed by atoms with E-state index >= 15 is 0 Å². The van der Waals surface area contributed by atoms with Crippen LogP contribution in [0, 0.1) is 12.3 Å². The van der Waals surface area contributed by atoms with E-state index in [1.54, 1.807) is 6.07 Å². The Labute approximate surface area is 76.2 Å². The summed E-state index contributed by atoms with van der Waals surface area (Å²) in [5, 5.41) is 0. The van der Waals surface area contributed by atoms with Gasteiger partial charge in [0.05, 0.1) is 0 Å². The van der Waals surface area contributed by atoms with Crippen LogP contribution in [0.3, 0.4) is 0 Å². The Morgan fingerprint density at radius 3 is 2.75 bits per heavy atom. The molecule has 0 atom stereocenters. The summed E-state index contributed by atoms with van der Waals surface area (Å²) in [6.45, 7) is 0. The van der Waals surface area contributed by atoms with Gasteiger partial charge in [-0.25, -0.2) is 0 Å². The molecule has 0 radical (unpaired) electrons. The summed E-state index contributed by atoms with van der Waals surface area (Å²) in [6.07, 6.45) is 6.94. The largest absolute Gasteiger partial charge is 0.279 e. The molecule has 1 nitrogen and oxygen atoms in total. The Kier molecular flexibility index (Phi) is 2.95. The number of carbonyl (C=O) groups is 1. The van der Waals surface area contributed by atoms with Crippen LogP contribution in [0.25, 0.3) is 0 Å². The van der Waals surface area contributed by atoms with E-state index in [9.17, 15) is 4.79 Å². The van der Waals surface area contributed by atoms with Gasteiger partial charge in [-0.15, -0.1) is 18.2 Å². The molecule has 0 aliphatic rings. The van der Waals surface area contributed by atoms with E-state index in [1.165, 1.54) is 11.8 Å². The number of benzene rings is 1. The van der Waals surface area contributed by atoms with Crippen LogP contribution in [0.5, 0.6) is 0 Å². The topological polar surface area (TPSA) is 17.1 Å². The van der Waals surface area contributed by atoms with Crippen LogP contribution >= 0.6 is 11.8 Å². The normalized spacial score (nSPS) is 9.00. The number of thioether (sulfide) groups is 1. The summed E-state index contributed by atoms with van der Waals surface area (Å²) >= 11 is 1.52. The highest BCUT2D eigenvalue weighted by atomic mass is 32.2. The second-order valence-corrected chi connectivity index (χ2v) is 3.02. The fourth-order valence-corrected chi connectivity index (χ4v) is 1.51. The molecule has 0 saturated heterocycles. The summed E-state index contributed by atoms with van der Waals surface area (Å²) in [5.41, 5.74) is 0.618. The van der Waals surface area contributed by atoms with Crippen LogP contribution in [0.4, 0.5) is 0 Å². The first kappa shape index (κ1) is 8.89. The van der Waals surface area contributed by atoms with Crippen molar-refractivity contribution in [3.05, 3.63) is 29.8 Å². The minimum Gasteiger partial charge on any atom is -0.279 e. The fourth-order valence-electron chi connectivity index (χ4n) is 0.910. The van der Waals surface area contributed by atoms with Crippen LogP contribution in [-0.4, -0.2) is 12.0 Å². The number of rotatable bonds is 2. The van der Waals surface area contributed by atoms with Crippen LogP contribution in [0.15, 0.2) is 29.2 Å². The third-order valence-electron chi connectivity index (χ3n) is 1.48. The summed E-state index contributed by atoms with van der Waals surface area (Å²) in [5.74, 6) is 1.85. The molecule has 0 aromatic heterocycles. The number of carbonyl (C=O) groups excluding carboxylic acids is 1. The van der Waals surface area contributed by atoms with Crippen molar-refractivity contribution in [3.8, 4) is 12.3 Å². The lowest BCUT2D eigenvalue weighted by atomic mass is 10.1. The van der Waals surface area contributed by atoms with Gasteiger partial charge in [0, 0.05) is 10.5 Å². The molecular weight excluding hydrogens is 168 g/mol. The van der Waals surface area contributed by atoms with Crippen molar-refractivity contribution in [1.29, 1.82) is 0 Å². The molecule has 0 aliphatic carbocycles. The molecule has 12 heavy (non-hydrogen) atoms. The first-order chi connectivity index (χ1) is 5.79.